The molecule has 0 aliphatic carbocycles. The monoisotopic (exact) mass is 358 g/mol. The van der Waals surface area contributed by atoms with Crippen LogP contribution in [0.2, 0.25) is 5.02 Å². The van der Waals surface area contributed by atoms with E-state index in [0.717, 1.165) is 0 Å². The Morgan fingerprint density at radius 1 is 1.24 bits per heavy atom. The summed E-state index contributed by atoms with van der Waals surface area (Å²) in [4.78, 5) is 30.0. The normalized spacial score (nSPS) is 17.3. The molecular formula is C17H15ClN4O3. The predicted molar refractivity (Wildman–Crippen MR) is 93.6 cm³/mol. The first-order valence-electron chi connectivity index (χ1n) is 7.88. The Bertz CT molecular complexity index is 1010. The molecule has 128 valence electrons. The Morgan fingerprint density at radius 2 is 2.00 bits per heavy atom. The van der Waals surface area contributed by atoms with Crippen LogP contribution in [0.5, 0.6) is 0 Å². The molecule has 0 bridgehead atoms. The van der Waals surface area contributed by atoms with Crippen molar-refractivity contribution in [3.05, 3.63) is 58.1 Å². The summed E-state index contributed by atoms with van der Waals surface area (Å²) in [6.45, 7) is 0.693. The summed E-state index contributed by atoms with van der Waals surface area (Å²) in [5.74, 6) is 0. The number of hydrogen-bond acceptors (Lipinski definition) is 3. The highest BCUT2D eigenvalue weighted by atomic mass is 35.5. The number of fused-ring (bicyclic) bond motifs is 1. The van der Waals surface area contributed by atoms with Crippen LogP contribution in [0.4, 0.5) is 4.79 Å². The number of benzene rings is 1. The number of amides is 1. The lowest BCUT2D eigenvalue weighted by atomic mass is 10.2. The van der Waals surface area contributed by atoms with Crippen LogP contribution in [0, 0.1) is 0 Å². The second-order valence-electron chi connectivity index (χ2n) is 5.98. The molecule has 1 atom stereocenters. The largest absolute Gasteiger partial charge is 0.465 e. The summed E-state index contributed by atoms with van der Waals surface area (Å²) >= 11 is 5.95. The van der Waals surface area contributed by atoms with E-state index in [-0.39, 0.29) is 18.3 Å². The average molecular weight is 359 g/mol. The summed E-state index contributed by atoms with van der Waals surface area (Å²) in [5.41, 5.74) is 1.70. The van der Waals surface area contributed by atoms with Gasteiger partial charge >= 0.3 is 11.8 Å². The van der Waals surface area contributed by atoms with Crippen molar-refractivity contribution < 1.29 is 9.90 Å². The van der Waals surface area contributed by atoms with Crippen LogP contribution >= 0.6 is 11.6 Å². The van der Waals surface area contributed by atoms with Crippen LogP contribution < -0.4 is 5.69 Å². The molecule has 1 N–H and O–H groups in total. The van der Waals surface area contributed by atoms with E-state index in [9.17, 15) is 14.7 Å². The zero-order valence-corrected chi connectivity index (χ0v) is 13.9. The molecule has 1 aliphatic heterocycles. The Morgan fingerprint density at radius 3 is 2.68 bits per heavy atom. The lowest BCUT2D eigenvalue weighted by molar-refractivity contribution is 0.154. The van der Waals surface area contributed by atoms with E-state index in [1.165, 1.54) is 4.90 Å². The van der Waals surface area contributed by atoms with Crippen molar-refractivity contribution in [2.24, 2.45) is 0 Å². The van der Waals surface area contributed by atoms with Crippen molar-refractivity contribution in [2.75, 3.05) is 13.1 Å². The lowest BCUT2D eigenvalue weighted by Gasteiger charge is -2.13. The number of pyridine rings is 1. The third-order valence-electron chi connectivity index (χ3n) is 4.52. The van der Waals surface area contributed by atoms with Crippen molar-refractivity contribution in [1.82, 2.24) is 19.0 Å². The summed E-state index contributed by atoms with van der Waals surface area (Å²) in [6, 6.07) is 10.4. The van der Waals surface area contributed by atoms with Crippen LogP contribution in [0.15, 0.2) is 47.4 Å². The molecule has 4 rings (SSSR count). The maximum absolute atomic E-state index is 13.1. The molecule has 0 spiro atoms. The highest BCUT2D eigenvalue weighted by molar-refractivity contribution is 6.30. The first kappa shape index (κ1) is 15.7. The fraction of sp³-hybridized carbons (Fsp3) is 0.235. The van der Waals surface area contributed by atoms with E-state index in [1.54, 1.807) is 45.7 Å². The van der Waals surface area contributed by atoms with Gasteiger partial charge in [-0.2, -0.15) is 0 Å². The fourth-order valence-corrected chi connectivity index (χ4v) is 3.47. The van der Waals surface area contributed by atoms with Gasteiger partial charge in [-0.05, 0) is 42.8 Å². The molecule has 3 heterocycles. The molecule has 0 radical (unpaired) electrons. The summed E-state index contributed by atoms with van der Waals surface area (Å²) in [7, 11) is 0. The van der Waals surface area contributed by atoms with Gasteiger partial charge < -0.3 is 10.0 Å². The standard InChI is InChI=1S/C17H15ClN4O3/c18-11-3-5-12(6-4-11)21-14-2-1-8-19-15(14)22(16(21)23)13-7-9-20(10-13)17(24)25/h1-6,8,13H,7,9-10H2,(H,24,25). The molecular weight excluding hydrogens is 344 g/mol. The topological polar surface area (TPSA) is 80.4 Å². The smallest absolute Gasteiger partial charge is 0.407 e. The van der Waals surface area contributed by atoms with Gasteiger partial charge in [-0.15, -0.1) is 0 Å². The van der Waals surface area contributed by atoms with Crippen molar-refractivity contribution in [1.29, 1.82) is 0 Å². The molecule has 1 unspecified atom stereocenters. The number of imidazole rings is 1. The third kappa shape index (κ3) is 2.56. The van der Waals surface area contributed by atoms with Crippen molar-refractivity contribution in [3.8, 4) is 5.69 Å². The number of likely N-dealkylation sites (tertiary alicyclic amines) is 1. The molecule has 3 aromatic rings. The average Bonchev–Trinajstić information content (AvgIpc) is 3.18. The maximum atomic E-state index is 13.1. The van der Waals surface area contributed by atoms with Gasteiger partial charge in [0.1, 0.15) is 0 Å². The summed E-state index contributed by atoms with van der Waals surface area (Å²) < 4.78 is 3.19. The molecule has 7 nitrogen and oxygen atoms in total. The summed E-state index contributed by atoms with van der Waals surface area (Å²) in [6.07, 6.45) is 1.25. The number of hydrogen-bond donors (Lipinski definition) is 1. The number of carboxylic acid groups (broad SMARTS) is 1. The number of rotatable bonds is 2. The minimum atomic E-state index is -0.968. The van der Waals surface area contributed by atoms with Gasteiger partial charge in [0, 0.05) is 24.3 Å². The summed E-state index contributed by atoms with van der Waals surface area (Å²) in [5, 5.41) is 9.76. The Balaban J connectivity index is 1.89. The molecule has 1 amide bonds. The molecule has 2 aromatic heterocycles. The van der Waals surface area contributed by atoms with Crippen LogP contribution in [0.25, 0.3) is 16.9 Å². The highest BCUT2D eigenvalue weighted by Crippen LogP contribution is 2.25. The van der Waals surface area contributed by atoms with E-state index in [4.69, 9.17) is 11.6 Å². The van der Waals surface area contributed by atoms with Gasteiger partial charge in [0.05, 0.1) is 17.2 Å². The quantitative estimate of drug-likeness (QED) is 0.763. The molecule has 1 aromatic carbocycles. The molecule has 1 fully saturated rings. The first-order valence-corrected chi connectivity index (χ1v) is 8.26. The number of nitrogens with zero attached hydrogens (tertiary/aromatic N) is 4. The highest BCUT2D eigenvalue weighted by Gasteiger charge is 2.30. The zero-order valence-electron chi connectivity index (χ0n) is 13.2. The van der Waals surface area contributed by atoms with Crippen LogP contribution in [-0.2, 0) is 0 Å². The van der Waals surface area contributed by atoms with Crippen LogP contribution in [0.3, 0.4) is 0 Å². The van der Waals surface area contributed by atoms with E-state index < -0.39 is 6.09 Å². The zero-order chi connectivity index (χ0) is 17.6. The fourth-order valence-electron chi connectivity index (χ4n) is 3.35. The third-order valence-corrected chi connectivity index (χ3v) is 4.77. The van der Waals surface area contributed by atoms with Gasteiger partial charge in [-0.1, -0.05) is 11.6 Å². The first-order chi connectivity index (χ1) is 12.1. The number of halogens is 1. The second kappa shape index (κ2) is 5.93. The molecule has 1 aliphatic rings. The number of carbonyl (C=O) groups is 1. The maximum Gasteiger partial charge on any atom is 0.407 e. The van der Waals surface area contributed by atoms with Crippen molar-refractivity contribution in [3.63, 3.8) is 0 Å². The van der Waals surface area contributed by atoms with E-state index in [0.29, 0.717) is 34.8 Å². The van der Waals surface area contributed by atoms with Gasteiger partial charge in [0.2, 0.25) is 0 Å². The van der Waals surface area contributed by atoms with Crippen LogP contribution in [0.1, 0.15) is 12.5 Å². The van der Waals surface area contributed by atoms with E-state index in [1.807, 2.05) is 6.07 Å². The molecule has 8 heteroatoms. The second-order valence-corrected chi connectivity index (χ2v) is 6.42. The van der Waals surface area contributed by atoms with Crippen molar-refractivity contribution in [2.45, 2.75) is 12.5 Å². The van der Waals surface area contributed by atoms with Gasteiger partial charge in [-0.25, -0.2) is 14.6 Å². The molecule has 1 saturated heterocycles. The van der Waals surface area contributed by atoms with Crippen molar-refractivity contribution >= 4 is 28.9 Å². The Labute approximate surface area is 147 Å². The minimum absolute atomic E-state index is 0.227. The Hall–Kier alpha value is -2.80. The predicted octanol–water partition coefficient (Wildman–Crippen LogP) is 2.77. The molecule has 25 heavy (non-hydrogen) atoms. The SMILES string of the molecule is O=C(O)N1CCC(n2c(=O)n(-c3ccc(Cl)cc3)c3cccnc32)C1. The van der Waals surface area contributed by atoms with Gasteiger partial charge in [-0.3, -0.25) is 9.13 Å². The Kier molecular flexibility index (Phi) is 3.73. The lowest BCUT2D eigenvalue weighted by Crippen LogP contribution is -2.31. The van der Waals surface area contributed by atoms with Crippen LogP contribution in [-0.4, -0.2) is 43.3 Å². The molecule has 0 saturated carbocycles. The van der Waals surface area contributed by atoms with E-state index in [2.05, 4.69) is 4.98 Å². The van der Waals surface area contributed by atoms with E-state index >= 15 is 0 Å². The minimum Gasteiger partial charge on any atom is -0.465 e. The van der Waals surface area contributed by atoms with Gasteiger partial charge in [0.25, 0.3) is 0 Å². The van der Waals surface area contributed by atoms with Gasteiger partial charge in [0.15, 0.2) is 5.65 Å². The number of aromatic nitrogens is 3.